The van der Waals surface area contributed by atoms with Gasteiger partial charge in [0.25, 0.3) is 0 Å². The second-order valence-corrected chi connectivity index (χ2v) is 3.02. The highest BCUT2D eigenvalue weighted by atomic mass is 19.1. The molecule has 78 valence electrons. The normalized spacial score (nSPS) is 10.6. The third-order valence-corrected chi connectivity index (χ3v) is 1.87. The Labute approximate surface area is 83.2 Å². The van der Waals surface area contributed by atoms with Gasteiger partial charge in [0.2, 0.25) is 0 Å². The van der Waals surface area contributed by atoms with Gasteiger partial charge in [0.05, 0.1) is 0 Å². The summed E-state index contributed by atoms with van der Waals surface area (Å²) in [6.07, 6.45) is 0. The Morgan fingerprint density at radius 3 is 2.73 bits per heavy atom. The molecule has 0 saturated carbocycles. The molecule has 0 bridgehead atoms. The van der Waals surface area contributed by atoms with E-state index in [0.717, 1.165) is 22.9 Å². The average molecular weight is 211 g/mol. The summed E-state index contributed by atoms with van der Waals surface area (Å²) < 4.78 is 26.9. The maximum atomic E-state index is 13.3. The van der Waals surface area contributed by atoms with Gasteiger partial charge in [-0.05, 0) is 19.1 Å². The summed E-state index contributed by atoms with van der Waals surface area (Å²) in [5.41, 5.74) is -0.804. The van der Waals surface area contributed by atoms with Crippen LogP contribution in [0.25, 0.3) is 5.69 Å². The van der Waals surface area contributed by atoms with E-state index in [1.165, 1.54) is 0 Å². The monoisotopic (exact) mass is 211 g/mol. The molecule has 1 aromatic carbocycles. The first-order valence-electron chi connectivity index (χ1n) is 4.19. The Morgan fingerprint density at radius 1 is 1.40 bits per heavy atom. The fraction of sp³-hybridized carbons (Fsp3) is 0.111. The smallest absolute Gasteiger partial charge is 0.293 e. The summed E-state index contributed by atoms with van der Waals surface area (Å²) in [5.74, 6) is -0.993. The molecule has 0 atom stereocenters. The summed E-state index contributed by atoms with van der Waals surface area (Å²) in [4.78, 5) is 13.6. The van der Waals surface area contributed by atoms with Crippen molar-refractivity contribution in [3.8, 4) is 5.69 Å². The zero-order valence-electron chi connectivity index (χ0n) is 7.79. The number of hydrogen-bond acceptors (Lipinski definition) is 2. The Hall–Kier alpha value is -1.98. The molecule has 1 N–H and O–H groups in total. The number of aryl methyl sites for hydroxylation is 1. The van der Waals surface area contributed by atoms with Gasteiger partial charge in [0.1, 0.15) is 23.1 Å². The largest absolute Gasteiger partial charge is 0.348 e. The predicted octanol–water partition coefficient (Wildman–Crippen LogP) is 1.15. The topological polar surface area (TPSA) is 50.7 Å². The molecule has 2 rings (SSSR count). The minimum Gasteiger partial charge on any atom is -0.293 e. The molecule has 0 aliphatic rings. The predicted molar refractivity (Wildman–Crippen MR) is 48.8 cm³/mol. The van der Waals surface area contributed by atoms with E-state index in [1.807, 2.05) is 0 Å². The third-order valence-electron chi connectivity index (χ3n) is 1.87. The van der Waals surface area contributed by atoms with Crippen LogP contribution in [0.4, 0.5) is 8.78 Å². The first-order chi connectivity index (χ1) is 7.08. The van der Waals surface area contributed by atoms with Crippen molar-refractivity contribution in [2.45, 2.75) is 6.92 Å². The lowest BCUT2D eigenvalue weighted by Gasteiger charge is -2.00. The SMILES string of the molecule is Cc1nn(-c2cc(F)ccc2F)c(=O)[nH]1. The van der Waals surface area contributed by atoms with Crippen LogP contribution in [0.2, 0.25) is 0 Å². The maximum absolute atomic E-state index is 13.3. The van der Waals surface area contributed by atoms with E-state index in [4.69, 9.17) is 0 Å². The summed E-state index contributed by atoms with van der Waals surface area (Å²) in [6.45, 7) is 1.55. The lowest BCUT2D eigenvalue weighted by atomic mass is 10.3. The zero-order chi connectivity index (χ0) is 11.0. The van der Waals surface area contributed by atoms with E-state index in [2.05, 4.69) is 10.1 Å². The summed E-state index contributed by atoms with van der Waals surface area (Å²) >= 11 is 0. The quantitative estimate of drug-likeness (QED) is 0.769. The van der Waals surface area contributed by atoms with Crippen LogP contribution < -0.4 is 5.69 Å². The number of benzene rings is 1. The van der Waals surface area contributed by atoms with Gasteiger partial charge in [0.15, 0.2) is 0 Å². The van der Waals surface area contributed by atoms with Crippen LogP contribution in [0.15, 0.2) is 23.0 Å². The molecule has 0 aliphatic heterocycles. The number of rotatable bonds is 1. The minimum atomic E-state index is -0.704. The van der Waals surface area contributed by atoms with Crippen LogP contribution in [0.5, 0.6) is 0 Å². The molecule has 15 heavy (non-hydrogen) atoms. The molecule has 0 unspecified atom stereocenters. The Morgan fingerprint density at radius 2 is 2.13 bits per heavy atom. The Kier molecular flexibility index (Phi) is 2.11. The molecule has 1 heterocycles. The molecule has 4 nitrogen and oxygen atoms in total. The van der Waals surface area contributed by atoms with Crippen molar-refractivity contribution < 1.29 is 8.78 Å². The molecule has 0 saturated heterocycles. The van der Waals surface area contributed by atoms with E-state index >= 15 is 0 Å². The number of nitrogens with one attached hydrogen (secondary N) is 1. The van der Waals surface area contributed by atoms with E-state index in [0.29, 0.717) is 5.82 Å². The van der Waals surface area contributed by atoms with Gasteiger partial charge >= 0.3 is 5.69 Å². The number of aromatic amines is 1. The van der Waals surface area contributed by atoms with Crippen LogP contribution in [-0.2, 0) is 0 Å². The van der Waals surface area contributed by atoms with Crippen LogP contribution in [0.1, 0.15) is 5.82 Å². The van der Waals surface area contributed by atoms with E-state index in [9.17, 15) is 13.6 Å². The van der Waals surface area contributed by atoms with Gasteiger partial charge in [-0.25, -0.2) is 13.6 Å². The van der Waals surface area contributed by atoms with Gasteiger partial charge in [-0.1, -0.05) is 0 Å². The molecule has 0 spiro atoms. The first-order valence-corrected chi connectivity index (χ1v) is 4.19. The number of nitrogens with zero attached hydrogens (tertiary/aromatic N) is 2. The minimum absolute atomic E-state index is 0.204. The van der Waals surface area contributed by atoms with Crippen molar-refractivity contribution >= 4 is 0 Å². The first kappa shape index (κ1) is 9.57. The molecule has 2 aromatic rings. The van der Waals surface area contributed by atoms with Gasteiger partial charge in [-0.3, -0.25) is 4.98 Å². The lowest BCUT2D eigenvalue weighted by Crippen LogP contribution is -2.17. The third kappa shape index (κ3) is 1.65. The Balaban J connectivity index is 2.68. The highest BCUT2D eigenvalue weighted by Crippen LogP contribution is 2.11. The van der Waals surface area contributed by atoms with Crippen LogP contribution in [0.3, 0.4) is 0 Å². The van der Waals surface area contributed by atoms with Crippen LogP contribution in [-0.4, -0.2) is 14.8 Å². The molecule has 1 aromatic heterocycles. The van der Waals surface area contributed by atoms with Crippen molar-refractivity contribution in [3.05, 3.63) is 46.1 Å². The van der Waals surface area contributed by atoms with E-state index in [1.54, 1.807) is 6.92 Å². The summed E-state index contributed by atoms with van der Waals surface area (Å²) in [5, 5.41) is 3.72. The van der Waals surface area contributed by atoms with E-state index in [-0.39, 0.29) is 5.69 Å². The lowest BCUT2D eigenvalue weighted by molar-refractivity contribution is 0.584. The van der Waals surface area contributed by atoms with Crippen LogP contribution in [0, 0.1) is 18.6 Å². The summed E-state index contributed by atoms with van der Waals surface area (Å²) in [7, 11) is 0. The molecule has 0 aliphatic carbocycles. The number of H-pyrrole nitrogens is 1. The second kappa shape index (κ2) is 3.30. The van der Waals surface area contributed by atoms with Crippen molar-refractivity contribution in [2.75, 3.05) is 0 Å². The van der Waals surface area contributed by atoms with Crippen molar-refractivity contribution in [2.24, 2.45) is 0 Å². The van der Waals surface area contributed by atoms with Crippen molar-refractivity contribution in [3.63, 3.8) is 0 Å². The highest BCUT2D eigenvalue weighted by molar-refractivity contribution is 5.32. The number of halogens is 2. The molecular formula is C9H7F2N3O. The molecule has 0 radical (unpaired) electrons. The molecule has 0 fully saturated rings. The van der Waals surface area contributed by atoms with Gasteiger partial charge in [-0.15, -0.1) is 0 Å². The van der Waals surface area contributed by atoms with Gasteiger partial charge < -0.3 is 0 Å². The fourth-order valence-electron chi connectivity index (χ4n) is 1.24. The Bertz CT molecular complexity index is 559. The summed E-state index contributed by atoms with van der Waals surface area (Å²) in [6, 6.07) is 2.83. The van der Waals surface area contributed by atoms with Gasteiger partial charge in [-0.2, -0.15) is 9.78 Å². The number of aromatic nitrogens is 3. The van der Waals surface area contributed by atoms with Crippen molar-refractivity contribution in [1.29, 1.82) is 0 Å². The maximum Gasteiger partial charge on any atom is 0.348 e. The van der Waals surface area contributed by atoms with Crippen LogP contribution >= 0.6 is 0 Å². The van der Waals surface area contributed by atoms with Gasteiger partial charge in [0, 0.05) is 6.07 Å². The second-order valence-electron chi connectivity index (χ2n) is 3.02. The number of hydrogen-bond donors (Lipinski definition) is 1. The fourth-order valence-corrected chi connectivity index (χ4v) is 1.24. The van der Waals surface area contributed by atoms with Crippen molar-refractivity contribution in [1.82, 2.24) is 14.8 Å². The molecular weight excluding hydrogens is 204 g/mol. The molecule has 6 heteroatoms. The molecule has 0 amide bonds. The standard InChI is InChI=1S/C9H7F2N3O/c1-5-12-9(15)14(13-5)8-4-6(10)2-3-7(8)11/h2-4H,1H3,(H,12,13,15). The average Bonchev–Trinajstić information content (AvgIpc) is 2.50. The van der Waals surface area contributed by atoms with E-state index < -0.39 is 17.3 Å². The zero-order valence-corrected chi connectivity index (χ0v) is 7.79. The highest BCUT2D eigenvalue weighted by Gasteiger charge is 2.10.